The van der Waals surface area contributed by atoms with Crippen molar-refractivity contribution in [2.24, 2.45) is 23.7 Å². The number of carboxylic acids is 1. The number of amides is 1. The van der Waals surface area contributed by atoms with E-state index in [4.69, 9.17) is 23.2 Å². The summed E-state index contributed by atoms with van der Waals surface area (Å²) in [5.41, 5.74) is 0.438. The maximum absolute atomic E-state index is 12.8. The fourth-order valence-corrected chi connectivity index (χ4v) is 6.04. The first kappa shape index (κ1) is 21.7. The molecule has 2 aliphatic rings. The Morgan fingerprint density at radius 3 is 2.35 bits per heavy atom. The molecule has 0 saturated heterocycles. The van der Waals surface area contributed by atoms with Crippen molar-refractivity contribution in [3.63, 3.8) is 0 Å². The van der Waals surface area contributed by atoms with Crippen molar-refractivity contribution in [3.8, 4) is 0 Å². The number of allylic oxidation sites excluding steroid dienone is 2. The zero-order valence-corrected chi connectivity index (χ0v) is 18.2. The van der Waals surface area contributed by atoms with Gasteiger partial charge in [0.2, 0.25) is 5.91 Å². The Balaban J connectivity index is 1.57. The summed E-state index contributed by atoms with van der Waals surface area (Å²) in [6.45, 7) is 0. The summed E-state index contributed by atoms with van der Waals surface area (Å²) in [5.74, 6) is -3.86. The molecule has 2 bridgehead atoms. The Morgan fingerprint density at radius 2 is 1.68 bits per heavy atom. The minimum Gasteiger partial charge on any atom is -0.550 e. The molecule has 2 aliphatic carbocycles. The van der Waals surface area contributed by atoms with E-state index in [0.717, 1.165) is 0 Å². The third-order valence-corrected chi connectivity index (χ3v) is 7.70. The molecule has 0 heterocycles. The number of carbonyl (C=O) groups is 2. The minimum absolute atomic E-state index is 0.0389. The van der Waals surface area contributed by atoms with Crippen LogP contribution < -0.4 is 15.1 Å². The van der Waals surface area contributed by atoms with Crippen molar-refractivity contribution in [2.45, 2.75) is 11.3 Å². The molecule has 2 aromatic rings. The number of nitrogens with one attached hydrogen (secondary N) is 2. The average Bonchev–Trinajstić information content (AvgIpc) is 3.30. The number of halogens is 2. The normalized spacial score (nSPS) is 24.2. The van der Waals surface area contributed by atoms with E-state index in [1.165, 1.54) is 30.3 Å². The molecule has 0 radical (unpaired) electrons. The van der Waals surface area contributed by atoms with Crippen LogP contribution in [0.3, 0.4) is 0 Å². The molecule has 0 aliphatic heterocycles. The van der Waals surface area contributed by atoms with E-state index in [9.17, 15) is 23.1 Å². The fraction of sp³-hybridized carbons (Fsp3) is 0.238. The summed E-state index contributed by atoms with van der Waals surface area (Å²) < 4.78 is 28.0. The molecule has 1 amide bonds. The highest BCUT2D eigenvalue weighted by atomic mass is 35.5. The highest BCUT2D eigenvalue weighted by molar-refractivity contribution is 7.92. The van der Waals surface area contributed by atoms with Gasteiger partial charge in [-0.25, -0.2) is 8.42 Å². The van der Waals surface area contributed by atoms with Crippen molar-refractivity contribution in [1.82, 2.24) is 0 Å². The monoisotopic (exact) mass is 479 g/mol. The molecule has 7 nitrogen and oxygen atoms in total. The van der Waals surface area contributed by atoms with Crippen LogP contribution in [0.5, 0.6) is 0 Å². The van der Waals surface area contributed by atoms with Crippen LogP contribution in [0.4, 0.5) is 11.4 Å². The SMILES string of the molecule is O=C([O-])C1C2C=CC(C2)C1C(=O)Nc1ccc(Cl)c(S(=O)(=O)Nc2cccc(Cl)c2)c1. The molecule has 10 heteroatoms. The van der Waals surface area contributed by atoms with Gasteiger partial charge in [-0.05, 0) is 54.7 Å². The number of rotatable bonds is 6. The van der Waals surface area contributed by atoms with Crippen LogP contribution in [0.25, 0.3) is 0 Å². The van der Waals surface area contributed by atoms with Crippen LogP contribution in [-0.4, -0.2) is 20.3 Å². The second-order valence-electron chi connectivity index (χ2n) is 7.57. The molecule has 0 aromatic heterocycles. The zero-order chi connectivity index (χ0) is 22.3. The van der Waals surface area contributed by atoms with E-state index in [1.807, 2.05) is 12.2 Å². The van der Waals surface area contributed by atoms with Gasteiger partial charge in [0.05, 0.1) is 16.6 Å². The van der Waals surface area contributed by atoms with Crippen molar-refractivity contribution in [2.75, 3.05) is 10.0 Å². The lowest BCUT2D eigenvalue weighted by atomic mass is 9.82. The van der Waals surface area contributed by atoms with Crippen LogP contribution in [0.2, 0.25) is 10.0 Å². The molecule has 2 aromatic carbocycles. The van der Waals surface area contributed by atoms with Crippen molar-refractivity contribution >= 4 is 56.5 Å². The number of sulfonamides is 1. The van der Waals surface area contributed by atoms with E-state index in [2.05, 4.69) is 10.0 Å². The van der Waals surface area contributed by atoms with E-state index in [-0.39, 0.29) is 33.1 Å². The van der Waals surface area contributed by atoms with Crippen LogP contribution >= 0.6 is 23.2 Å². The average molecular weight is 480 g/mol. The van der Waals surface area contributed by atoms with Gasteiger partial charge in [0.25, 0.3) is 10.0 Å². The first-order valence-electron chi connectivity index (χ1n) is 9.44. The number of aliphatic carboxylic acids is 1. The van der Waals surface area contributed by atoms with Gasteiger partial charge in [-0.15, -0.1) is 0 Å². The Hall–Kier alpha value is -2.55. The maximum atomic E-state index is 12.8. The van der Waals surface area contributed by atoms with Crippen LogP contribution in [0.15, 0.2) is 59.5 Å². The van der Waals surface area contributed by atoms with Crippen molar-refractivity contribution < 1.29 is 23.1 Å². The fourth-order valence-electron chi connectivity index (χ4n) is 4.28. The van der Waals surface area contributed by atoms with Gasteiger partial charge in [0, 0.05) is 22.6 Å². The topological polar surface area (TPSA) is 115 Å². The van der Waals surface area contributed by atoms with Gasteiger partial charge in [0.1, 0.15) is 4.90 Å². The third-order valence-electron chi connectivity index (χ3n) is 5.60. The maximum Gasteiger partial charge on any atom is 0.263 e. The van der Waals surface area contributed by atoms with Gasteiger partial charge < -0.3 is 15.2 Å². The van der Waals surface area contributed by atoms with E-state index in [0.29, 0.717) is 11.4 Å². The summed E-state index contributed by atoms with van der Waals surface area (Å²) in [7, 11) is -4.08. The summed E-state index contributed by atoms with van der Waals surface area (Å²) in [6.07, 6.45) is 4.24. The molecule has 1 fully saturated rings. The predicted molar refractivity (Wildman–Crippen MR) is 115 cm³/mol. The number of fused-ring (bicyclic) bond motifs is 2. The van der Waals surface area contributed by atoms with Crippen LogP contribution in [0, 0.1) is 23.7 Å². The van der Waals surface area contributed by atoms with E-state index in [1.54, 1.807) is 12.1 Å². The Labute approximate surface area is 189 Å². The Kier molecular flexibility index (Phi) is 5.72. The first-order valence-corrected chi connectivity index (χ1v) is 11.7. The number of carbonyl (C=O) groups excluding carboxylic acids is 2. The standard InChI is InChI=1S/C21H18Cl2N2O5S/c22-13-2-1-3-15(9-13)25-31(29,30)17-10-14(6-7-16(17)23)24-20(26)18-11-4-5-12(8-11)19(18)21(27)28/h1-7,9-12,18-19,25H,8H2,(H,24,26)(H,27,28)/p-1. The second-order valence-corrected chi connectivity index (χ2v) is 10.1. The number of carboxylic acid groups (broad SMARTS) is 1. The molecule has 4 rings (SSSR count). The van der Waals surface area contributed by atoms with E-state index >= 15 is 0 Å². The summed E-state index contributed by atoms with van der Waals surface area (Å²) in [6, 6.07) is 10.2. The highest BCUT2D eigenvalue weighted by Gasteiger charge is 2.48. The second kappa shape index (κ2) is 8.18. The van der Waals surface area contributed by atoms with Gasteiger partial charge >= 0.3 is 0 Å². The quantitative estimate of drug-likeness (QED) is 0.617. The van der Waals surface area contributed by atoms with Crippen molar-refractivity contribution in [1.29, 1.82) is 0 Å². The van der Waals surface area contributed by atoms with Gasteiger partial charge in [-0.1, -0.05) is 41.4 Å². The molecule has 2 N–H and O–H groups in total. The molecule has 162 valence electrons. The molecule has 4 unspecified atom stereocenters. The van der Waals surface area contributed by atoms with Gasteiger partial charge in [-0.2, -0.15) is 0 Å². The third kappa shape index (κ3) is 4.28. The Bertz CT molecular complexity index is 1200. The van der Waals surface area contributed by atoms with E-state index < -0.39 is 33.7 Å². The summed E-state index contributed by atoms with van der Waals surface area (Å²) in [4.78, 5) is 24.2. The van der Waals surface area contributed by atoms with Crippen LogP contribution in [0.1, 0.15) is 6.42 Å². The van der Waals surface area contributed by atoms with Crippen molar-refractivity contribution in [3.05, 3.63) is 64.7 Å². The lowest BCUT2D eigenvalue weighted by Gasteiger charge is -2.27. The lowest BCUT2D eigenvalue weighted by Crippen LogP contribution is -2.42. The number of benzene rings is 2. The molecule has 1 saturated carbocycles. The number of hydrogen-bond acceptors (Lipinski definition) is 5. The summed E-state index contributed by atoms with van der Waals surface area (Å²) >= 11 is 12.0. The number of hydrogen-bond donors (Lipinski definition) is 2. The highest BCUT2D eigenvalue weighted by Crippen LogP contribution is 2.48. The molecule has 31 heavy (non-hydrogen) atoms. The summed E-state index contributed by atoms with van der Waals surface area (Å²) in [5, 5.41) is 14.5. The minimum atomic E-state index is -4.08. The van der Waals surface area contributed by atoms with Gasteiger partial charge in [0.15, 0.2) is 0 Å². The largest absolute Gasteiger partial charge is 0.550 e. The molecule has 0 spiro atoms. The van der Waals surface area contributed by atoms with Crippen LogP contribution in [-0.2, 0) is 19.6 Å². The smallest absolute Gasteiger partial charge is 0.263 e. The molecule has 4 atom stereocenters. The Morgan fingerprint density at radius 1 is 0.968 bits per heavy atom. The first-order chi connectivity index (χ1) is 14.7. The lowest BCUT2D eigenvalue weighted by molar-refractivity contribution is -0.313. The predicted octanol–water partition coefficient (Wildman–Crippen LogP) is 2.92. The van der Waals surface area contributed by atoms with Gasteiger partial charge in [-0.3, -0.25) is 9.52 Å². The number of anilines is 2. The zero-order valence-electron chi connectivity index (χ0n) is 15.9. The molecular weight excluding hydrogens is 463 g/mol. The molecular formula is C21H17Cl2N2O5S-.